The molecule has 0 aliphatic carbocycles. The number of para-hydroxylation sites is 1. The van der Waals surface area contributed by atoms with Crippen LogP contribution in [0.5, 0.6) is 5.75 Å². The van der Waals surface area contributed by atoms with Crippen molar-refractivity contribution in [3.63, 3.8) is 0 Å². The number of rotatable bonds is 6. The van der Waals surface area contributed by atoms with E-state index in [0.717, 1.165) is 15.6 Å². The van der Waals surface area contributed by atoms with Crippen LogP contribution in [0.25, 0.3) is 10.2 Å². The first kappa shape index (κ1) is 15.3. The first-order chi connectivity index (χ1) is 10.7. The molecule has 3 aromatic rings. The fourth-order valence-corrected chi connectivity index (χ4v) is 3.96. The standard InChI is InChI=1S/C17H17NO2S2/c1-12-6-8-14(9-7-12)20-10-13(19)11-21-17-18-15-4-2-3-5-16(15)22-17/h2-9,13,19H,10-11H2,1H3. The Morgan fingerprint density at radius 3 is 2.73 bits per heavy atom. The lowest BCUT2D eigenvalue weighted by molar-refractivity contribution is 0.126. The molecule has 1 aromatic heterocycles. The number of nitrogens with zero attached hydrogens (tertiary/aromatic N) is 1. The Hall–Kier alpha value is -1.56. The molecule has 0 fully saturated rings. The summed E-state index contributed by atoms with van der Waals surface area (Å²) >= 11 is 3.22. The highest BCUT2D eigenvalue weighted by atomic mass is 32.2. The van der Waals surface area contributed by atoms with Crippen molar-refractivity contribution in [3.05, 3.63) is 54.1 Å². The van der Waals surface area contributed by atoms with E-state index in [9.17, 15) is 5.11 Å². The molecule has 114 valence electrons. The third-order valence-corrected chi connectivity index (χ3v) is 5.46. The van der Waals surface area contributed by atoms with Gasteiger partial charge in [0.25, 0.3) is 0 Å². The number of hydrogen-bond acceptors (Lipinski definition) is 5. The van der Waals surface area contributed by atoms with Gasteiger partial charge in [0.05, 0.1) is 16.3 Å². The van der Waals surface area contributed by atoms with Gasteiger partial charge >= 0.3 is 0 Å². The zero-order chi connectivity index (χ0) is 15.4. The molecule has 0 saturated carbocycles. The average Bonchev–Trinajstić information content (AvgIpc) is 2.95. The summed E-state index contributed by atoms with van der Waals surface area (Å²) in [6.07, 6.45) is -0.515. The van der Waals surface area contributed by atoms with Crippen molar-refractivity contribution in [3.8, 4) is 5.75 Å². The van der Waals surface area contributed by atoms with Gasteiger partial charge in [0.2, 0.25) is 0 Å². The summed E-state index contributed by atoms with van der Waals surface area (Å²) in [7, 11) is 0. The minimum absolute atomic E-state index is 0.293. The van der Waals surface area contributed by atoms with Gasteiger partial charge in [-0.05, 0) is 31.2 Å². The quantitative estimate of drug-likeness (QED) is 0.690. The molecule has 3 nitrogen and oxygen atoms in total. The predicted molar refractivity (Wildman–Crippen MR) is 93.0 cm³/mol. The van der Waals surface area contributed by atoms with E-state index < -0.39 is 6.10 Å². The molecule has 0 aliphatic heterocycles. The summed E-state index contributed by atoms with van der Waals surface area (Å²) in [6.45, 7) is 2.33. The van der Waals surface area contributed by atoms with Gasteiger partial charge in [0.15, 0.2) is 4.34 Å². The number of hydrogen-bond donors (Lipinski definition) is 1. The van der Waals surface area contributed by atoms with Gasteiger partial charge in [-0.25, -0.2) is 4.98 Å². The minimum atomic E-state index is -0.515. The lowest BCUT2D eigenvalue weighted by Gasteiger charge is -2.11. The normalized spacial score (nSPS) is 12.5. The highest BCUT2D eigenvalue weighted by Gasteiger charge is 2.09. The highest BCUT2D eigenvalue weighted by molar-refractivity contribution is 8.01. The van der Waals surface area contributed by atoms with Crippen LogP contribution in [0.1, 0.15) is 5.56 Å². The van der Waals surface area contributed by atoms with Crippen LogP contribution in [0, 0.1) is 6.92 Å². The minimum Gasteiger partial charge on any atom is -0.491 e. The lowest BCUT2D eigenvalue weighted by atomic mass is 10.2. The van der Waals surface area contributed by atoms with E-state index >= 15 is 0 Å². The maximum Gasteiger partial charge on any atom is 0.151 e. The van der Waals surface area contributed by atoms with Crippen LogP contribution >= 0.6 is 23.1 Å². The number of ether oxygens (including phenoxy) is 1. The van der Waals surface area contributed by atoms with Gasteiger partial charge in [0.1, 0.15) is 12.4 Å². The zero-order valence-electron chi connectivity index (χ0n) is 12.2. The average molecular weight is 331 g/mol. The van der Waals surface area contributed by atoms with Gasteiger partial charge in [-0.3, -0.25) is 0 Å². The number of aliphatic hydroxyl groups is 1. The molecule has 1 heterocycles. The Bertz CT molecular complexity index is 707. The largest absolute Gasteiger partial charge is 0.491 e. The molecular formula is C17H17NO2S2. The molecule has 5 heteroatoms. The summed E-state index contributed by atoms with van der Waals surface area (Å²) in [5.74, 6) is 1.36. The van der Waals surface area contributed by atoms with Crippen molar-refractivity contribution in [2.45, 2.75) is 17.4 Å². The number of aliphatic hydroxyl groups excluding tert-OH is 1. The van der Waals surface area contributed by atoms with Crippen molar-refractivity contribution in [1.82, 2.24) is 4.98 Å². The van der Waals surface area contributed by atoms with Gasteiger partial charge in [-0.2, -0.15) is 0 Å². The van der Waals surface area contributed by atoms with E-state index in [4.69, 9.17) is 4.74 Å². The monoisotopic (exact) mass is 331 g/mol. The molecular weight excluding hydrogens is 314 g/mol. The van der Waals surface area contributed by atoms with E-state index in [1.165, 1.54) is 10.3 Å². The molecule has 0 amide bonds. The van der Waals surface area contributed by atoms with Crippen LogP contribution in [0.3, 0.4) is 0 Å². The molecule has 0 aliphatic rings. The van der Waals surface area contributed by atoms with Crippen LogP contribution in [0.2, 0.25) is 0 Å². The van der Waals surface area contributed by atoms with Crippen molar-refractivity contribution in [2.24, 2.45) is 0 Å². The first-order valence-corrected chi connectivity index (χ1v) is 8.87. The highest BCUT2D eigenvalue weighted by Crippen LogP contribution is 2.29. The molecule has 1 atom stereocenters. The summed E-state index contributed by atoms with van der Waals surface area (Å²) in [5.41, 5.74) is 2.21. The summed E-state index contributed by atoms with van der Waals surface area (Å²) in [6, 6.07) is 15.9. The molecule has 0 bridgehead atoms. The Morgan fingerprint density at radius 2 is 1.95 bits per heavy atom. The SMILES string of the molecule is Cc1ccc(OCC(O)CSc2nc3ccccc3s2)cc1. The summed E-state index contributed by atoms with van der Waals surface area (Å²) in [5, 5.41) is 10.0. The molecule has 1 N–H and O–H groups in total. The molecule has 22 heavy (non-hydrogen) atoms. The van der Waals surface area contributed by atoms with E-state index in [1.54, 1.807) is 23.1 Å². The summed E-state index contributed by atoms with van der Waals surface area (Å²) < 4.78 is 7.75. The number of aromatic nitrogens is 1. The van der Waals surface area contributed by atoms with Gasteiger partial charge in [0, 0.05) is 5.75 Å². The topological polar surface area (TPSA) is 42.4 Å². The molecule has 2 aromatic carbocycles. The number of thiazole rings is 1. The molecule has 0 saturated heterocycles. The van der Waals surface area contributed by atoms with E-state index in [0.29, 0.717) is 12.4 Å². The van der Waals surface area contributed by atoms with Gasteiger partial charge in [-0.1, -0.05) is 41.6 Å². The number of thioether (sulfide) groups is 1. The second-order valence-electron chi connectivity index (χ2n) is 5.04. The number of fused-ring (bicyclic) bond motifs is 1. The maximum absolute atomic E-state index is 10.0. The fraction of sp³-hybridized carbons (Fsp3) is 0.235. The summed E-state index contributed by atoms with van der Waals surface area (Å²) in [4.78, 5) is 4.54. The van der Waals surface area contributed by atoms with Gasteiger partial charge < -0.3 is 9.84 Å². The van der Waals surface area contributed by atoms with Crippen molar-refractivity contribution in [2.75, 3.05) is 12.4 Å². The number of benzene rings is 2. The van der Waals surface area contributed by atoms with Crippen LogP contribution in [-0.2, 0) is 0 Å². The Labute approximate surface area is 138 Å². The van der Waals surface area contributed by atoms with Crippen LogP contribution < -0.4 is 4.74 Å². The van der Waals surface area contributed by atoms with E-state index in [2.05, 4.69) is 11.1 Å². The number of aryl methyl sites for hydroxylation is 1. The van der Waals surface area contributed by atoms with E-state index in [1.807, 2.05) is 49.4 Å². The smallest absolute Gasteiger partial charge is 0.151 e. The molecule has 0 radical (unpaired) electrons. The third-order valence-electron chi connectivity index (χ3n) is 3.14. The Kier molecular flexibility index (Phi) is 4.97. The zero-order valence-corrected chi connectivity index (χ0v) is 13.9. The molecule has 0 spiro atoms. The van der Waals surface area contributed by atoms with Crippen LogP contribution in [-0.4, -0.2) is 28.6 Å². The predicted octanol–water partition coefficient (Wildman–Crippen LogP) is 4.14. The van der Waals surface area contributed by atoms with Crippen molar-refractivity contribution in [1.29, 1.82) is 0 Å². The second kappa shape index (κ2) is 7.13. The second-order valence-corrected chi connectivity index (χ2v) is 7.33. The Balaban J connectivity index is 1.49. The van der Waals surface area contributed by atoms with E-state index in [-0.39, 0.29) is 0 Å². The van der Waals surface area contributed by atoms with Crippen LogP contribution in [0.15, 0.2) is 52.9 Å². The van der Waals surface area contributed by atoms with Crippen molar-refractivity contribution >= 4 is 33.3 Å². The Morgan fingerprint density at radius 1 is 1.18 bits per heavy atom. The van der Waals surface area contributed by atoms with Crippen molar-refractivity contribution < 1.29 is 9.84 Å². The molecule has 3 rings (SSSR count). The first-order valence-electron chi connectivity index (χ1n) is 7.06. The third kappa shape index (κ3) is 4.00. The van der Waals surface area contributed by atoms with Gasteiger partial charge in [-0.15, -0.1) is 11.3 Å². The molecule has 1 unspecified atom stereocenters. The maximum atomic E-state index is 10.0. The van der Waals surface area contributed by atoms with Crippen LogP contribution in [0.4, 0.5) is 0 Å². The lowest BCUT2D eigenvalue weighted by Crippen LogP contribution is -2.19. The fourth-order valence-electron chi connectivity index (χ4n) is 1.96.